The topological polar surface area (TPSA) is 68.6 Å². The molecule has 0 fully saturated rings. The third-order valence-corrected chi connectivity index (χ3v) is 1.41. The van der Waals surface area contributed by atoms with Crippen molar-refractivity contribution in [1.82, 2.24) is 0 Å². The maximum atomic E-state index is 8.69. The fourth-order valence-electron chi connectivity index (χ4n) is 0.831. The van der Waals surface area contributed by atoms with Gasteiger partial charge in [-0.25, -0.2) is 0 Å². The lowest BCUT2D eigenvalue weighted by molar-refractivity contribution is 0.246. The van der Waals surface area contributed by atoms with Crippen molar-refractivity contribution in [3.8, 4) is 5.75 Å². The van der Waals surface area contributed by atoms with E-state index in [-0.39, 0.29) is 6.61 Å². The minimum absolute atomic E-state index is 0.149. The van der Waals surface area contributed by atoms with Crippen LogP contribution >= 0.6 is 0 Å². The highest BCUT2D eigenvalue weighted by Gasteiger charge is 2.13. The Morgan fingerprint density at radius 1 is 1.82 bits per heavy atom. The van der Waals surface area contributed by atoms with Gasteiger partial charge >= 0.3 is 0 Å². The van der Waals surface area contributed by atoms with Crippen LogP contribution in [-0.4, -0.2) is 18.8 Å². The van der Waals surface area contributed by atoms with Crippen molar-refractivity contribution < 1.29 is 14.3 Å². The fraction of sp³-hybridized carbons (Fsp3) is 0.429. The average molecular weight is 157 g/mol. The summed E-state index contributed by atoms with van der Waals surface area (Å²) in [5, 5.41) is 8.69. The molecule has 11 heavy (non-hydrogen) atoms. The van der Waals surface area contributed by atoms with Gasteiger partial charge in [0, 0.05) is 6.07 Å². The van der Waals surface area contributed by atoms with E-state index in [0.29, 0.717) is 11.5 Å². The molecule has 1 heterocycles. The number of methoxy groups -OCH3 is 1. The lowest BCUT2D eigenvalue weighted by atomic mass is 10.2. The van der Waals surface area contributed by atoms with Crippen molar-refractivity contribution in [2.45, 2.75) is 6.04 Å². The molecule has 1 rings (SSSR count). The summed E-state index contributed by atoms with van der Waals surface area (Å²) in [5.41, 5.74) is 5.49. The van der Waals surface area contributed by atoms with Crippen molar-refractivity contribution in [2.24, 2.45) is 5.73 Å². The van der Waals surface area contributed by atoms with Gasteiger partial charge in [-0.05, 0) is 0 Å². The Kier molecular flexibility index (Phi) is 2.51. The Morgan fingerprint density at radius 2 is 2.55 bits per heavy atom. The highest BCUT2D eigenvalue weighted by Crippen LogP contribution is 2.23. The van der Waals surface area contributed by atoms with Crippen LogP contribution in [0.4, 0.5) is 0 Å². The number of ether oxygens (including phenoxy) is 1. The highest BCUT2D eigenvalue weighted by atomic mass is 16.5. The van der Waals surface area contributed by atoms with Crippen LogP contribution in [0.1, 0.15) is 11.8 Å². The number of nitrogens with two attached hydrogens (primary N) is 1. The molecule has 0 aliphatic heterocycles. The lowest BCUT2D eigenvalue weighted by Crippen LogP contribution is -2.14. The molecule has 1 aromatic rings. The zero-order valence-electron chi connectivity index (χ0n) is 6.28. The number of aliphatic hydroxyl groups is 1. The molecule has 1 aromatic heterocycles. The third-order valence-electron chi connectivity index (χ3n) is 1.41. The second kappa shape index (κ2) is 3.41. The molecule has 1 atom stereocenters. The quantitative estimate of drug-likeness (QED) is 0.661. The van der Waals surface area contributed by atoms with Gasteiger partial charge in [0.15, 0.2) is 11.5 Å². The van der Waals surface area contributed by atoms with Crippen LogP contribution in [0.15, 0.2) is 16.7 Å². The highest BCUT2D eigenvalue weighted by molar-refractivity contribution is 5.26. The molecule has 0 saturated heterocycles. The second-order valence-electron chi connectivity index (χ2n) is 2.14. The van der Waals surface area contributed by atoms with E-state index in [2.05, 4.69) is 0 Å². The number of hydrogen-bond donors (Lipinski definition) is 2. The molecule has 0 aliphatic rings. The first-order chi connectivity index (χ1) is 5.29. The molecular weight excluding hydrogens is 146 g/mol. The first-order valence-corrected chi connectivity index (χ1v) is 3.27. The van der Waals surface area contributed by atoms with Gasteiger partial charge in [0.1, 0.15) is 0 Å². The molecule has 3 N–H and O–H groups in total. The summed E-state index contributed by atoms with van der Waals surface area (Å²) in [5.74, 6) is 1.06. The largest absolute Gasteiger partial charge is 0.493 e. The van der Waals surface area contributed by atoms with E-state index in [1.54, 1.807) is 6.07 Å². The number of hydrogen-bond acceptors (Lipinski definition) is 4. The molecule has 0 saturated carbocycles. The van der Waals surface area contributed by atoms with Gasteiger partial charge in [-0.1, -0.05) is 0 Å². The lowest BCUT2D eigenvalue weighted by Gasteiger charge is -2.05. The normalized spacial score (nSPS) is 13.0. The summed E-state index contributed by atoms with van der Waals surface area (Å²) in [6.07, 6.45) is 1.48. The molecule has 0 aromatic carbocycles. The average Bonchev–Trinajstić information content (AvgIpc) is 2.50. The van der Waals surface area contributed by atoms with Gasteiger partial charge in [-0.15, -0.1) is 0 Å². The molecule has 0 amide bonds. The second-order valence-corrected chi connectivity index (χ2v) is 2.14. The maximum Gasteiger partial charge on any atom is 0.164 e. The van der Waals surface area contributed by atoms with Crippen LogP contribution in [0.3, 0.4) is 0 Å². The fourth-order valence-corrected chi connectivity index (χ4v) is 0.831. The van der Waals surface area contributed by atoms with Crippen LogP contribution in [0, 0.1) is 0 Å². The van der Waals surface area contributed by atoms with Gasteiger partial charge in [0.25, 0.3) is 0 Å². The zero-order valence-corrected chi connectivity index (χ0v) is 6.28. The molecular formula is C7H11NO3. The Bertz CT molecular complexity index is 221. The van der Waals surface area contributed by atoms with Crippen LogP contribution in [0.25, 0.3) is 0 Å². The molecule has 0 bridgehead atoms. The van der Waals surface area contributed by atoms with Gasteiger partial charge in [-0.3, -0.25) is 0 Å². The van der Waals surface area contributed by atoms with E-state index in [9.17, 15) is 0 Å². The van der Waals surface area contributed by atoms with Gasteiger partial charge < -0.3 is 20.0 Å². The van der Waals surface area contributed by atoms with E-state index in [4.69, 9.17) is 20.0 Å². The molecule has 0 aliphatic carbocycles. The number of furan rings is 1. The van der Waals surface area contributed by atoms with Crippen LogP contribution < -0.4 is 10.5 Å². The number of rotatable bonds is 3. The summed E-state index contributed by atoms with van der Waals surface area (Å²) in [4.78, 5) is 0. The summed E-state index contributed by atoms with van der Waals surface area (Å²) in [6.45, 7) is -0.149. The Labute approximate surface area is 64.6 Å². The Balaban J connectivity index is 2.83. The van der Waals surface area contributed by atoms with E-state index in [1.807, 2.05) is 0 Å². The number of aliphatic hydroxyl groups excluding tert-OH is 1. The van der Waals surface area contributed by atoms with Crippen molar-refractivity contribution in [1.29, 1.82) is 0 Å². The first-order valence-electron chi connectivity index (χ1n) is 3.27. The van der Waals surface area contributed by atoms with Gasteiger partial charge in [-0.2, -0.15) is 0 Å². The summed E-state index contributed by atoms with van der Waals surface area (Å²) >= 11 is 0. The van der Waals surface area contributed by atoms with Crippen molar-refractivity contribution >= 4 is 0 Å². The maximum absolute atomic E-state index is 8.69. The SMILES string of the molecule is COc1ccoc1[C@@H](N)CO. The van der Waals surface area contributed by atoms with E-state index >= 15 is 0 Å². The molecule has 0 unspecified atom stereocenters. The van der Waals surface area contributed by atoms with Crippen molar-refractivity contribution in [2.75, 3.05) is 13.7 Å². The standard InChI is InChI=1S/C7H11NO3/c1-10-6-2-3-11-7(6)5(8)4-9/h2-3,5,9H,4,8H2,1H3/t5-/m0/s1. The van der Waals surface area contributed by atoms with Crippen molar-refractivity contribution in [3.05, 3.63) is 18.1 Å². The monoisotopic (exact) mass is 157 g/mol. The van der Waals surface area contributed by atoms with Crippen LogP contribution in [-0.2, 0) is 0 Å². The minimum Gasteiger partial charge on any atom is -0.493 e. The van der Waals surface area contributed by atoms with Crippen LogP contribution in [0.5, 0.6) is 5.75 Å². The molecule has 0 radical (unpaired) electrons. The molecule has 4 heteroatoms. The van der Waals surface area contributed by atoms with E-state index in [0.717, 1.165) is 0 Å². The first kappa shape index (κ1) is 8.10. The molecule has 0 spiro atoms. The van der Waals surface area contributed by atoms with Gasteiger partial charge in [0.05, 0.1) is 26.0 Å². The van der Waals surface area contributed by atoms with Crippen molar-refractivity contribution in [3.63, 3.8) is 0 Å². The summed E-state index contributed by atoms with van der Waals surface area (Å²) in [6, 6.07) is 1.16. The molecule has 4 nitrogen and oxygen atoms in total. The minimum atomic E-state index is -0.500. The summed E-state index contributed by atoms with van der Waals surface area (Å²) in [7, 11) is 1.53. The summed E-state index contributed by atoms with van der Waals surface area (Å²) < 4.78 is 9.92. The predicted molar refractivity (Wildman–Crippen MR) is 39.3 cm³/mol. The van der Waals surface area contributed by atoms with Crippen LogP contribution in [0.2, 0.25) is 0 Å². The van der Waals surface area contributed by atoms with E-state index in [1.165, 1.54) is 13.4 Å². The Morgan fingerprint density at radius 3 is 3.09 bits per heavy atom. The van der Waals surface area contributed by atoms with E-state index < -0.39 is 6.04 Å². The molecule has 62 valence electrons. The Hall–Kier alpha value is -1.00. The third kappa shape index (κ3) is 1.53. The van der Waals surface area contributed by atoms with Gasteiger partial charge in [0.2, 0.25) is 0 Å². The predicted octanol–water partition coefficient (Wildman–Crippen LogP) is 0.280. The zero-order chi connectivity index (χ0) is 8.27. The smallest absolute Gasteiger partial charge is 0.164 e.